The highest BCUT2D eigenvalue weighted by Gasteiger charge is 2.17. The van der Waals surface area contributed by atoms with Gasteiger partial charge in [-0.2, -0.15) is 0 Å². The Bertz CT molecular complexity index is 189. The summed E-state index contributed by atoms with van der Waals surface area (Å²) in [5, 5.41) is 0. The smallest absolute Gasteiger partial charge is 0.0937 e. The van der Waals surface area contributed by atoms with Crippen molar-refractivity contribution in [2.24, 2.45) is 10.7 Å². The second-order valence-corrected chi connectivity index (χ2v) is 4.21. The first-order valence-electron chi connectivity index (χ1n) is 5.73. The lowest BCUT2D eigenvalue weighted by Gasteiger charge is -2.31. The molecule has 1 saturated heterocycles. The van der Waals surface area contributed by atoms with Crippen LogP contribution < -0.4 is 5.73 Å². The summed E-state index contributed by atoms with van der Waals surface area (Å²) < 4.78 is 0. The molecule has 0 radical (unpaired) electrons. The molecule has 1 fully saturated rings. The van der Waals surface area contributed by atoms with Gasteiger partial charge in [-0.05, 0) is 32.9 Å². The molecule has 0 aromatic carbocycles. The average molecular weight is 197 g/mol. The van der Waals surface area contributed by atoms with E-state index in [0.29, 0.717) is 6.04 Å². The predicted molar refractivity (Wildman–Crippen MR) is 61.7 cm³/mol. The van der Waals surface area contributed by atoms with E-state index in [-0.39, 0.29) is 0 Å². The van der Waals surface area contributed by atoms with E-state index < -0.39 is 0 Å². The molecule has 3 heteroatoms. The first-order valence-corrected chi connectivity index (χ1v) is 5.73. The van der Waals surface area contributed by atoms with E-state index in [0.717, 1.165) is 25.2 Å². The zero-order valence-electron chi connectivity index (χ0n) is 9.50. The predicted octanol–water partition coefficient (Wildman–Crippen LogP) is 1.63. The molecular formula is C11H23N3. The lowest BCUT2D eigenvalue weighted by molar-refractivity contribution is 0.191. The van der Waals surface area contributed by atoms with Crippen LogP contribution in [-0.2, 0) is 0 Å². The van der Waals surface area contributed by atoms with Crippen LogP contribution in [0.25, 0.3) is 0 Å². The van der Waals surface area contributed by atoms with Crippen LogP contribution in [0.15, 0.2) is 4.99 Å². The molecule has 2 N–H and O–H groups in total. The minimum atomic E-state index is 0.624. The molecule has 0 saturated carbocycles. The van der Waals surface area contributed by atoms with E-state index in [2.05, 4.69) is 23.9 Å². The summed E-state index contributed by atoms with van der Waals surface area (Å²) in [5.74, 6) is 0.825. The summed E-state index contributed by atoms with van der Waals surface area (Å²) in [4.78, 5) is 6.85. The summed E-state index contributed by atoms with van der Waals surface area (Å²) >= 11 is 0. The SMILES string of the molecule is CCCC(N)=NCC1CCCCN1C. The topological polar surface area (TPSA) is 41.6 Å². The Hall–Kier alpha value is -0.570. The Balaban J connectivity index is 2.31. The fraction of sp³-hybridized carbons (Fsp3) is 0.909. The standard InChI is InChI=1S/C11H23N3/c1-3-6-11(12)13-9-10-7-4-5-8-14(10)2/h10H,3-9H2,1-2H3,(H2,12,13). The molecule has 1 heterocycles. The van der Waals surface area contributed by atoms with Gasteiger partial charge in [-0.3, -0.25) is 4.99 Å². The molecule has 1 rings (SSSR count). The number of piperidine rings is 1. The van der Waals surface area contributed by atoms with Gasteiger partial charge in [0.2, 0.25) is 0 Å². The van der Waals surface area contributed by atoms with Gasteiger partial charge in [0.15, 0.2) is 0 Å². The van der Waals surface area contributed by atoms with Crippen molar-refractivity contribution in [1.29, 1.82) is 0 Å². The van der Waals surface area contributed by atoms with Crippen molar-refractivity contribution in [3.63, 3.8) is 0 Å². The summed E-state index contributed by atoms with van der Waals surface area (Å²) in [5.41, 5.74) is 5.78. The maximum absolute atomic E-state index is 5.78. The van der Waals surface area contributed by atoms with Gasteiger partial charge in [-0.15, -0.1) is 0 Å². The molecule has 0 aromatic heterocycles. The molecule has 0 bridgehead atoms. The average Bonchev–Trinajstić information content (AvgIpc) is 2.17. The largest absolute Gasteiger partial charge is 0.387 e. The lowest BCUT2D eigenvalue weighted by Crippen LogP contribution is -2.38. The molecule has 1 atom stereocenters. The summed E-state index contributed by atoms with van der Waals surface area (Å²) in [6.45, 7) is 4.24. The lowest BCUT2D eigenvalue weighted by atomic mass is 10.0. The number of hydrogen-bond acceptors (Lipinski definition) is 2. The summed E-state index contributed by atoms with van der Waals surface area (Å²) in [6, 6.07) is 0.624. The van der Waals surface area contributed by atoms with Crippen LogP contribution in [0.1, 0.15) is 39.0 Å². The number of amidine groups is 1. The van der Waals surface area contributed by atoms with Gasteiger partial charge < -0.3 is 10.6 Å². The first kappa shape index (κ1) is 11.5. The van der Waals surface area contributed by atoms with Crippen LogP contribution >= 0.6 is 0 Å². The molecule has 1 aliphatic heterocycles. The molecule has 1 unspecified atom stereocenters. The van der Waals surface area contributed by atoms with Gasteiger partial charge in [-0.25, -0.2) is 0 Å². The minimum Gasteiger partial charge on any atom is -0.387 e. The van der Waals surface area contributed by atoms with Gasteiger partial charge in [0.05, 0.1) is 12.4 Å². The number of likely N-dealkylation sites (N-methyl/N-ethyl adjacent to an activating group) is 1. The number of nitrogens with zero attached hydrogens (tertiary/aromatic N) is 2. The van der Waals surface area contributed by atoms with Gasteiger partial charge in [-0.1, -0.05) is 13.3 Å². The van der Waals surface area contributed by atoms with E-state index in [1.807, 2.05) is 0 Å². The van der Waals surface area contributed by atoms with Crippen LogP contribution in [0.2, 0.25) is 0 Å². The zero-order valence-corrected chi connectivity index (χ0v) is 9.50. The fourth-order valence-electron chi connectivity index (χ4n) is 1.93. The number of likely N-dealkylation sites (tertiary alicyclic amines) is 1. The van der Waals surface area contributed by atoms with Gasteiger partial charge in [0.1, 0.15) is 0 Å². The monoisotopic (exact) mass is 197 g/mol. The third kappa shape index (κ3) is 3.66. The Morgan fingerprint density at radius 2 is 2.29 bits per heavy atom. The Labute approximate surface area is 87.4 Å². The van der Waals surface area contributed by atoms with E-state index >= 15 is 0 Å². The van der Waals surface area contributed by atoms with E-state index in [4.69, 9.17) is 5.73 Å². The third-order valence-corrected chi connectivity index (χ3v) is 2.93. The molecule has 3 nitrogen and oxygen atoms in total. The molecule has 0 aliphatic carbocycles. The van der Waals surface area contributed by atoms with Gasteiger partial charge in [0.25, 0.3) is 0 Å². The van der Waals surface area contributed by atoms with Crippen LogP contribution in [-0.4, -0.2) is 36.9 Å². The van der Waals surface area contributed by atoms with Crippen molar-refractivity contribution < 1.29 is 0 Å². The van der Waals surface area contributed by atoms with Crippen molar-refractivity contribution in [3.8, 4) is 0 Å². The Kier molecular flexibility index (Phi) is 4.94. The number of rotatable bonds is 4. The number of hydrogen-bond donors (Lipinski definition) is 1. The quantitative estimate of drug-likeness (QED) is 0.550. The molecule has 82 valence electrons. The maximum atomic E-state index is 5.78. The van der Waals surface area contributed by atoms with Crippen LogP contribution in [0.4, 0.5) is 0 Å². The van der Waals surface area contributed by atoms with Crippen molar-refractivity contribution in [2.45, 2.75) is 45.1 Å². The number of aliphatic imine (C=N–C) groups is 1. The van der Waals surface area contributed by atoms with Crippen LogP contribution in [0.5, 0.6) is 0 Å². The van der Waals surface area contributed by atoms with E-state index in [1.165, 1.54) is 25.8 Å². The third-order valence-electron chi connectivity index (χ3n) is 2.93. The highest BCUT2D eigenvalue weighted by molar-refractivity contribution is 5.80. The molecule has 1 aliphatic rings. The number of nitrogens with two attached hydrogens (primary N) is 1. The van der Waals surface area contributed by atoms with Gasteiger partial charge in [0, 0.05) is 12.5 Å². The molecular weight excluding hydrogens is 174 g/mol. The highest BCUT2D eigenvalue weighted by Crippen LogP contribution is 2.14. The van der Waals surface area contributed by atoms with Crippen LogP contribution in [0.3, 0.4) is 0 Å². The second kappa shape index (κ2) is 6.02. The van der Waals surface area contributed by atoms with Crippen molar-refractivity contribution >= 4 is 5.84 Å². The molecule has 14 heavy (non-hydrogen) atoms. The summed E-state index contributed by atoms with van der Waals surface area (Å²) in [7, 11) is 2.19. The van der Waals surface area contributed by atoms with E-state index in [1.54, 1.807) is 0 Å². The van der Waals surface area contributed by atoms with Gasteiger partial charge >= 0.3 is 0 Å². The molecule has 0 aromatic rings. The van der Waals surface area contributed by atoms with Crippen molar-refractivity contribution in [3.05, 3.63) is 0 Å². The van der Waals surface area contributed by atoms with Crippen molar-refractivity contribution in [1.82, 2.24) is 4.90 Å². The summed E-state index contributed by atoms with van der Waals surface area (Å²) in [6.07, 6.45) is 5.99. The maximum Gasteiger partial charge on any atom is 0.0937 e. The minimum absolute atomic E-state index is 0.624. The molecule has 0 spiro atoms. The zero-order chi connectivity index (χ0) is 10.4. The normalized spacial score (nSPS) is 25.3. The van der Waals surface area contributed by atoms with Crippen LogP contribution in [0, 0.1) is 0 Å². The fourth-order valence-corrected chi connectivity index (χ4v) is 1.93. The first-order chi connectivity index (χ1) is 6.74. The Morgan fingerprint density at radius 3 is 2.93 bits per heavy atom. The second-order valence-electron chi connectivity index (χ2n) is 4.21. The molecule has 0 amide bonds. The highest BCUT2D eigenvalue weighted by atomic mass is 15.1. The Morgan fingerprint density at radius 1 is 1.50 bits per heavy atom. The van der Waals surface area contributed by atoms with Crippen molar-refractivity contribution in [2.75, 3.05) is 20.1 Å². The van der Waals surface area contributed by atoms with E-state index in [9.17, 15) is 0 Å².